The molecule has 0 radical (unpaired) electrons. The van der Waals surface area contributed by atoms with E-state index in [1.165, 1.54) is 0 Å². The minimum atomic E-state index is 0. The molecular weight excluding hydrogens is 405 g/mol. The highest BCUT2D eigenvalue weighted by atomic mass is 127. The van der Waals surface area contributed by atoms with Gasteiger partial charge in [0.15, 0.2) is 5.96 Å². The van der Waals surface area contributed by atoms with Crippen molar-refractivity contribution in [2.45, 2.75) is 25.5 Å². The van der Waals surface area contributed by atoms with Crippen molar-refractivity contribution >= 4 is 29.9 Å². The van der Waals surface area contributed by atoms with Gasteiger partial charge < -0.3 is 20.1 Å². The van der Waals surface area contributed by atoms with Gasteiger partial charge in [0.25, 0.3) is 0 Å². The normalized spacial score (nSPS) is 17.3. The van der Waals surface area contributed by atoms with Gasteiger partial charge in [-0.2, -0.15) is 0 Å². The van der Waals surface area contributed by atoms with E-state index in [4.69, 9.17) is 9.47 Å². The molecule has 1 aliphatic heterocycles. The molecule has 23 heavy (non-hydrogen) atoms. The van der Waals surface area contributed by atoms with Crippen molar-refractivity contribution in [3.8, 4) is 5.75 Å². The SMILES string of the molecule is C=CCOc1ccccc1CNC(=NC)NCC1CCCO1.I. The molecule has 2 rings (SSSR count). The second-order valence-electron chi connectivity index (χ2n) is 5.15. The van der Waals surface area contributed by atoms with Crippen molar-refractivity contribution in [2.24, 2.45) is 4.99 Å². The number of ether oxygens (including phenoxy) is 2. The average Bonchev–Trinajstić information content (AvgIpc) is 3.07. The maximum Gasteiger partial charge on any atom is 0.191 e. The van der Waals surface area contributed by atoms with Crippen LogP contribution in [0.1, 0.15) is 18.4 Å². The van der Waals surface area contributed by atoms with Crippen molar-refractivity contribution in [1.82, 2.24) is 10.6 Å². The molecule has 0 spiro atoms. The summed E-state index contributed by atoms with van der Waals surface area (Å²) in [4.78, 5) is 4.24. The quantitative estimate of drug-likeness (QED) is 0.302. The van der Waals surface area contributed by atoms with Crippen LogP contribution in [0.15, 0.2) is 41.9 Å². The zero-order chi connectivity index (χ0) is 15.6. The summed E-state index contributed by atoms with van der Waals surface area (Å²) >= 11 is 0. The molecule has 0 bridgehead atoms. The van der Waals surface area contributed by atoms with Gasteiger partial charge in [-0.1, -0.05) is 30.9 Å². The van der Waals surface area contributed by atoms with Gasteiger partial charge in [-0.3, -0.25) is 4.99 Å². The van der Waals surface area contributed by atoms with Crippen molar-refractivity contribution in [1.29, 1.82) is 0 Å². The molecule has 1 heterocycles. The second-order valence-corrected chi connectivity index (χ2v) is 5.15. The maximum atomic E-state index is 5.66. The van der Waals surface area contributed by atoms with Gasteiger partial charge in [-0.05, 0) is 18.9 Å². The Morgan fingerprint density at radius 2 is 2.26 bits per heavy atom. The van der Waals surface area contributed by atoms with Crippen LogP contribution in [0, 0.1) is 0 Å². The average molecular weight is 431 g/mol. The molecular formula is C17H26IN3O2. The molecule has 0 saturated carbocycles. The van der Waals surface area contributed by atoms with Crippen molar-refractivity contribution in [3.63, 3.8) is 0 Å². The van der Waals surface area contributed by atoms with E-state index in [9.17, 15) is 0 Å². The zero-order valence-electron chi connectivity index (χ0n) is 13.6. The first-order valence-corrected chi connectivity index (χ1v) is 7.71. The molecule has 1 saturated heterocycles. The van der Waals surface area contributed by atoms with Crippen LogP contribution in [-0.2, 0) is 11.3 Å². The summed E-state index contributed by atoms with van der Waals surface area (Å²) in [6.45, 7) is 6.48. The minimum absolute atomic E-state index is 0. The summed E-state index contributed by atoms with van der Waals surface area (Å²) in [7, 11) is 1.77. The molecule has 0 aromatic heterocycles. The number of nitrogens with one attached hydrogen (secondary N) is 2. The number of para-hydroxylation sites is 1. The number of rotatable bonds is 7. The summed E-state index contributed by atoms with van der Waals surface area (Å²) in [5.74, 6) is 1.64. The molecule has 2 N–H and O–H groups in total. The van der Waals surface area contributed by atoms with Crippen LogP contribution >= 0.6 is 24.0 Å². The fraction of sp³-hybridized carbons (Fsp3) is 0.471. The number of nitrogens with zero attached hydrogens (tertiary/aromatic N) is 1. The lowest BCUT2D eigenvalue weighted by atomic mass is 10.2. The van der Waals surface area contributed by atoms with Crippen LogP contribution in [0.5, 0.6) is 5.75 Å². The molecule has 1 aromatic rings. The fourth-order valence-corrected chi connectivity index (χ4v) is 2.35. The van der Waals surface area contributed by atoms with Crippen LogP contribution in [0.25, 0.3) is 0 Å². The molecule has 1 aromatic carbocycles. The fourth-order valence-electron chi connectivity index (χ4n) is 2.35. The Balaban J connectivity index is 0.00000264. The molecule has 1 fully saturated rings. The standard InChI is InChI=1S/C17H25N3O2.HI/c1-3-10-22-16-9-5-4-7-14(16)12-19-17(18-2)20-13-15-8-6-11-21-15;/h3-5,7,9,15H,1,6,8,10-13H2,2H3,(H2,18,19,20);1H. The minimum Gasteiger partial charge on any atom is -0.489 e. The van der Waals surface area contributed by atoms with E-state index in [-0.39, 0.29) is 24.0 Å². The second kappa shape index (κ2) is 11.3. The number of halogens is 1. The Morgan fingerprint density at radius 3 is 2.96 bits per heavy atom. The topological polar surface area (TPSA) is 54.9 Å². The largest absolute Gasteiger partial charge is 0.489 e. The Bertz CT molecular complexity index is 502. The third kappa shape index (κ3) is 6.78. The van der Waals surface area contributed by atoms with Gasteiger partial charge in [0.05, 0.1) is 6.10 Å². The highest BCUT2D eigenvalue weighted by molar-refractivity contribution is 14.0. The van der Waals surface area contributed by atoms with Gasteiger partial charge >= 0.3 is 0 Å². The summed E-state index contributed by atoms with van der Waals surface area (Å²) in [6, 6.07) is 7.97. The predicted molar refractivity (Wildman–Crippen MR) is 105 cm³/mol. The summed E-state index contributed by atoms with van der Waals surface area (Å²) in [6.07, 6.45) is 4.29. The van der Waals surface area contributed by atoms with Crippen LogP contribution in [0.2, 0.25) is 0 Å². The van der Waals surface area contributed by atoms with E-state index in [0.29, 0.717) is 19.3 Å². The van der Waals surface area contributed by atoms with Crippen LogP contribution in [0.4, 0.5) is 0 Å². The van der Waals surface area contributed by atoms with E-state index >= 15 is 0 Å². The van der Waals surface area contributed by atoms with Crippen LogP contribution < -0.4 is 15.4 Å². The van der Waals surface area contributed by atoms with E-state index < -0.39 is 0 Å². The van der Waals surface area contributed by atoms with Gasteiger partial charge in [0.1, 0.15) is 12.4 Å². The monoisotopic (exact) mass is 431 g/mol. The molecule has 1 aliphatic rings. The number of guanidine groups is 1. The third-order valence-corrected chi connectivity index (χ3v) is 3.52. The Labute approximate surface area is 155 Å². The van der Waals surface area contributed by atoms with Gasteiger partial charge in [0.2, 0.25) is 0 Å². The van der Waals surface area contributed by atoms with E-state index in [1.54, 1.807) is 13.1 Å². The first-order valence-electron chi connectivity index (χ1n) is 7.71. The highest BCUT2D eigenvalue weighted by Gasteiger charge is 2.15. The van der Waals surface area contributed by atoms with Crippen molar-refractivity contribution in [2.75, 3.05) is 26.8 Å². The van der Waals surface area contributed by atoms with Gasteiger partial charge in [0, 0.05) is 32.3 Å². The molecule has 5 nitrogen and oxygen atoms in total. The number of aliphatic imine (C=N–C) groups is 1. The molecule has 6 heteroatoms. The Morgan fingerprint density at radius 1 is 1.43 bits per heavy atom. The number of hydrogen-bond acceptors (Lipinski definition) is 3. The summed E-state index contributed by atoms with van der Waals surface area (Å²) in [5, 5.41) is 6.61. The molecule has 1 atom stereocenters. The van der Waals surface area contributed by atoms with Crippen LogP contribution in [0.3, 0.4) is 0 Å². The lowest BCUT2D eigenvalue weighted by molar-refractivity contribution is 0.114. The number of hydrogen-bond donors (Lipinski definition) is 2. The zero-order valence-corrected chi connectivity index (χ0v) is 15.9. The molecule has 0 aliphatic carbocycles. The highest BCUT2D eigenvalue weighted by Crippen LogP contribution is 2.17. The first kappa shape index (κ1) is 19.8. The first-order chi connectivity index (χ1) is 10.8. The predicted octanol–water partition coefficient (Wildman–Crippen LogP) is 2.71. The molecule has 1 unspecified atom stereocenters. The van der Waals surface area contributed by atoms with Crippen molar-refractivity contribution in [3.05, 3.63) is 42.5 Å². The lowest BCUT2D eigenvalue weighted by Crippen LogP contribution is -2.40. The van der Waals surface area contributed by atoms with Gasteiger partial charge in [-0.25, -0.2) is 0 Å². The Hall–Kier alpha value is -1.28. The third-order valence-electron chi connectivity index (χ3n) is 3.52. The molecule has 128 valence electrons. The van der Waals surface area contributed by atoms with E-state index in [0.717, 1.165) is 43.3 Å². The van der Waals surface area contributed by atoms with Gasteiger partial charge in [-0.15, -0.1) is 24.0 Å². The number of benzene rings is 1. The molecule has 0 amide bonds. The summed E-state index contributed by atoms with van der Waals surface area (Å²) in [5.41, 5.74) is 1.09. The van der Waals surface area contributed by atoms with Crippen molar-refractivity contribution < 1.29 is 9.47 Å². The Kier molecular flexibility index (Phi) is 9.70. The maximum absolute atomic E-state index is 5.66. The van der Waals surface area contributed by atoms with E-state index in [2.05, 4.69) is 22.2 Å². The van der Waals surface area contributed by atoms with E-state index in [1.807, 2.05) is 24.3 Å². The lowest BCUT2D eigenvalue weighted by Gasteiger charge is -2.16. The van der Waals surface area contributed by atoms with Crippen LogP contribution in [-0.4, -0.2) is 38.9 Å². The summed E-state index contributed by atoms with van der Waals surface area (Å²) < 4.78 is 11.3. The smallest absolute Gasteiger partial charge is 0.191 e.